The van der Waals surface area contributed by atoms with Gasteiger partial charge in [-0.1, -0.05) is 24.9 Å². The molecule has 0 N–H and O–H groups in total. The predicted octanol–water partition coefficient (Wildman–Crippen LogP) is 2.34. The third-order valence-electron chi connectivity index (χ3n) is 1.91. The first-order valence-electron chi connectivity index (χ1n) is 4.39. The Hall–Kier alpha value is -0.830. The number of unbranched alkanes of at least 4 members (excludes halogenated alkanes) is 2. The summed E-state index contributed by atoms with van der Waals surface area (Å²) in [5.41, 5.74) is 0.985. The second-order valence-electron chi connectivity index (χ2n) is 2.88. The van der Waals surface area contributed by atoms with E-state index >= 15 is 0 Å². The van der Waals surface area contributed by atoms with Gasteiger partial charge in [-0.05, 0) is 12.8 Å². The summed E-state index contributed by atoms with van der Waals surface area (Å²) in [6, 6.07) is 0. The molecule has 0 fully saturated rings. The molecular weight excluding hydrogens is 154 g/mol. The fraction of sp³-hybridized carbons (Fsp3) is 0.667. The van der Waals surface area contributed by atoms with Crippen molar-refractivity contribution in [1.82, 2.24) is 5.16 Å². The Bertz CT molecular complexity index is 220. The molecule has 0 aromatic carbocycles. The molecule has 0 aliphatic carbocycles. The lowest BCUT2D eigenvalue weighted by atomic mass is 10.1. The highest BCUT2D eigenvalue weighted by molar-refractivity contribution is 5.12. The van der Waals surface area contributed by atoms with E-state index in [1.54, 1.807) is 6.20 Å². The fourth-order valence-corrected chi connectivity index (χ4v) is 1.17. The molecule has 1 heterocycles. The Kier molecular flexibility index (Phi) is 3.80. The van der Waals surface area contributed by atoms with Crippen molar-refractivity contribution in [2.45, 2.75) is 39.2 Å². The van der Waals surface area contributed by atoms with E-state index in [1.165, 1.54) is 12.8 Å². The maximum absolute atomic E-state index is 10.5. The normalized spacial score (nSPS) is 10.5. The molecule has 3 nitrogen and oxygen atoms in total. The lowest BCUT2D eigenvalue weighted by molar-refractivity contribution is 0.145. The Morgan fingerprint density at radius 2 is 2.33 bits per heavy atom. The van der Waals surface area contributed by atoms with Crippen LogP contribution in [0.3, 0.4) is 0 Å². The molecular formula is C9H14NO2. The number of nitrogens with zero attached hydrogens (tertiary/aromatic N) is 1. The van der Waals surface area contributed by atoms with Crippen LogP contribution >= 0.6 is 0 Å². The summed E-state index contributed by atoms with van der Waals surface area (Å²) < 4.78 is 4.78. The van der Waals surface area contributed by atoms with Gasteiger partial charge in [0.1, 0.15) is 6.61 Å². The first-order chi connectivity index (χ1) is 5.88. The molecule has 3 heteroatoms. The van der Waals surface area contributed by atoms with Crippen molar-refractivity contribution in [3.63, 3.8) is 0 Å². The zero-order chi connectivity index (χ0) is 8.81. The van der Waals surface area contributed by atoms with E-state index in [1.807, 2.05) is 0 Å². The molecule has 0 saturated carbocycles. The highest BCUT2D eigenvalue weighted by Gasteiger charge is 2.05. The van der Waals surface area contributed by atoms with Crippen molar-refractivity contribution in [2.24, 2.45) is 0 Å². The number of hydrogen-bond acceptors (Lipinski definition) is 2. The SMILES string of the molecule is CCCCCc1cnoc1C[O]. The molecule has 0 saturated heterocycles. The summed E-state index contributed by atoms with van der Waals surface area (Å²) in [6.45, 7) is 1.86. The summed E-state index contributed by atoms with van der Waals surface area (Å²) in [7, 11) is 0. The molecule has 1 rings (SSSR count). The van der Waals surface area contributed by atoms with Crippen molar-refractivity contribution in [3.8, 4) is 0 Å². The van der Waals surface area contributed by atoms with Crippen molar-refractivity contribution in [3.05, 3.63) is 17.5 Å². The summed E-state index contributed by atoms with van der Waals surface area (Å²) in [5, 5.41) is 14.1. The highest BCUT2D eigenvalue weighted by atomic mass is 16.5. The second-order valence-corrected chi connectivity index (χ2v) is 2.88. The number of rotatable bonds is 5. The van der Waals surface area contributed by atoms with E-state index in [0.717, 1.165) is 18.4 Å². The molecule has 0 unspecified atom stereocenters. The minimum atomic E-state index is -0.290. The van der Waals surface area contributed by atoms with E-state index in [0.29, 0.717) is 5.76 Å². The molecule has 0 aliphatic rings. The first kappa shape index (κ1) is 9.26. The van der Waals surface area contributed by atoms with Crippen LogP contribution in [0.25, 0.3) is 0 Å². The van der Waals surface area contributed by atoms with Crippen molar-refractivity contribution in [2.75, 3.05) is 0 Å². The smallest absolute Gasteiger partial charge is 0.168 e. The molecule has 1 aromatic heterocycles. The third-order valence-corrected chi connectivity index (χ3v) is 1.91. The van der Waals surface area contributed by atoms with E-state index < -0.39 is 0 Å². The van der Waals surface area contributed by atoms with Gasteiger partial charge < -0.3 is 4.52 Å². The van der Waals surface area contributed by atoms with Crippen LogP contribution in [-0.4, -0.2) is 5.16 Å². The van der Waals surface area contributed by atoms with Crippen molar-refractivity contribution in [1.29, 1.82) is 0 Å². The van der Waals surface area contributed by atoms with Crippen LogP contribution in [0.2, 0.25) is 0 Å². The number of aryl methyl sites for hydroxylation is 1. The minimum Gasteiger partial charge on any atom is -0.358 e. The molecule has 0 aliphatic heterocycles. The molecule has 12 heavy (non-hydrogen) atoms. The third kappa shape index (κ3) is 2.34. The zero-order valence-electron chi connectivity index (χ0n) is 7.38. The molecule has 67 valence electrons. The van der Waals surface area contributed by atoms with Gasteiger partial charge in [-0.15, -0.1) is 0 Å². The maximum atomic E-state index is 10.5. The van der Waals surface area contributed by atoms with E-state index in [4.69, 9.17) is 4.52 Å². The number of aromatic nitrogens is 1. The van der Waals surface area contributed by atoms with E-state index in [9.17, 15) is 5.11 Å². The van der Waals surface area contributed by atoms with Gasteiger partial charge in [-0.3, -0.25) is 0 Å². The topological polar surface area (TPSA) is 45.9 Å². The van der Waals surface area contributed by atoms with Gasteiger partial charge in [0.25, 0.3) is 0 Å². The van der Waals surface area contributed by atoms with E-state index in [2.05, 4.69) is 12.1 Å². The monoisotopic (exact) mass is 168 g/mol. The van der Waals surface area contributed by atoms with Crippen LogP contribution in [-0.2, 0) is 18.1 Å². The first-order valence-corrected chi connectivity index (χ1v) is 4.39. The summed E-state index contributed by atoms with van der Waals surface area (Å²) in [6.07, 6.45) is 6.09. The van der Waals surface area contributed by atoms with Crippen LogP contribution < -0.4 is 0 Å². The van der Waals surface area contributed by atoms with Gasteiger partial charge >= 0.3 is 0 Å². The average Bonchev–Trinajstić information content (AvgIpc) is 2.52. The summed E-state index contributed by atoms with van der Waals surface area (Å²) >= 11 is 0. The number of hydrogen-bond donors (Lipinski definition) is 0. The lowest BCUT2D eigenvalue weighted by Crippen LogP contribution is -1.88. The second kappa shape index (κ2) is 4.93. The molecule has 1 aromatic rings. The Morgan fingerprint density at radius 3 is 3.00 bits per heavy atom. The Labute approximate surface area is 72.4 Å². The van der Waals surface area contributed by atoms with Crippen molar-refractivity contribution >= 4 is 0 Å². The zero-order valence-corrected chi connectivity index (χ0v) is 7.38. The quantitative estimate of drug-likeness (QED) is 0.633. The molecule has 0 amide bonds. The molecule has 0 atom stereocenters. The predicted molar refractivity (Wildman–Crippen MR) is 44.1 cm³/mol. The van der Waals surface area contributed by atoms with Gasteiger partial charge in [-0.25, -0.2) is 5.11 Å². The molecule has 0 spiro atoms. The Morgan fingerprint density at radius 1 is 1.50 bits per heavy atom. The molecule has 0 bridgehead atoms. The van der Waals surface area contributed by atoms with Crippen LogP contribution in [0.4, 0.5) is 0 Å². The van der Waals surface area contributed by atoms with Crippen LogP contribution in [0, 0.1) is 0 Å². The fourth-order valence-electron chi connectivity index (χ4n) is 1.17. The lowest BCUT2D eigenvalue weighted by Gasteiger charge is -1.96. The Balaban J connectivity index is 2.39. The van der Waals surface area contributed by atoms with Gasteiger partial charge in [0.2, 0.25) is 0 Å². The largest absolute Gasteiger partial charge is 0.358 e. The van der Waals surface area contributed by atoms with Crippen LogP contribution in [0.1, 0.15) is 37.5 Å². The van der Waals surface area contributed by atoms with Gasteiger partial charge in [0.05, 0.1) is 6.20 Å². The van der Waals surface area contributed by atoms with Gasteiger partial charge in [0, 0.05) is 5.56 Å². The minimum absolute atomic E-state index is 0.290. The van der Waals surface area contributed by atoms with Crippen LogP contribution in [0.15, 0.2) is 10.7 Å². The molecule has 1 radical (unpaired) electrons. The summed E-state index contributed by atoms with van der Waals surface area (Å²) in [5.74, 6) is 0.506. The van der Waals surface area contributed by atoms with Crippen LogP contribution in [0.5, 0.6) is 0 Å². The van der Waals surface area contributed by atoms with Gasteiger partial charge in [0.15, 0.2) is 5.76 Å². The van der Waals surface area contributed by atoms with Crippen molar-refractivity contribution < 1.29 is 9.63 Å². The summed E-state index contributed by atoms with van der Waals surface area (Å²) in [4.78, 5) is 0. The standard InChI is InChI=1S/C9H14NO2/c1-2-3-4-5-8-6-10-12-9(8)7-11/h6H,2-5,7H2,1H3. The van der Waals surface area contributed by atoms with Gasteiger partial charge in [-0.2, -0.15) is 0 Å². The highest BCUT2D eigenvalue weighted by Crippen LogP contribution is 2.11. The van der Waals surface area contributed by atoms with E-state index in [-0.39, 0.29) is 6.61 Å². The average molecular weight is 168 g/mol. The maximum Gasteiger partial charge on any atom is 0.168 e.